The summed E-state index contributed by atoms with van der Waals surface area (Å²) in [7, 11) is 0. The fourth-order valence-electron chi connectivity index (χ4n) is 2.79. The van der Waals surface area contributed by atoms with Gasteiger partial charge < -0.3 is 10.1 Å². The zero-order valence-corrected chi connectivity index (χ0v) is 13.4. The summed E-state index contributed by atoms with van der Waals surface area (Å²) in [5, 5.41) is 2.84. The fourth-order valence-corrected chi connectivity index (χ4v) is 2.79. The van der Waals surface area contributed by atoms with Crippen LogP contribution in [0.3, 0.4) is 0 Å². The molecular formula is C17H20F3NO3. The summed E-state index contributed by atoms with van der Waals surface area (Å²) in [6, 6.07) is 3.76. The van der Waals surface area contributed by atoms with Gasteiger partial charge in [0.15, 0.2) is 6.61 Å². The smallest absolute Gasteiger partial charge is 0.416 e. The van der Waals surface area contributed by atoms with Crippen LogP contribution in [0.5, 0.6) is 0 Å². The van der Waals surface area contributed by atoms with Crippen LogP contribution in [-0.4, -0.2) is 24.5 Å². The number of benzene rings is 1. The molecule has 132 valence electrons. The Kier molecular flexibility index (Phi) is 5.85. The van der Waals surface area contributed by atoms with E-state index in [1.165, 1.54) is 0 Å². The van der Waals surface area contributed by atoms with Crippen LogP contribution in [0.25, 0.3) is 0 Å². The first kappa shape index (κ1) is 18.3. The highest BCUT2D eigenvalue weighted by atomic mass is 19.4. The van der Waals surface area contributed by atoms with E-state index in [1.807, 2.05) is 0 Å². The minimum atomic E-state index is -4.46. The van der Waals surface area contributed by atoms with E-state index in [2.05, 4.69) is 12.2 Å². The number of esters is 1. The van der Waals surface area contributed by atoms with Gasteiger partial charge in [-0.3, -0.25) is 4.79 Å². The summed E-state index contributed by atoms with van der Waals surface area (Å²) < 4.78 is 42.2. The maximum atomic E-state index is 12.5. The molecule has 1 amide bonds. The first-order valence-corrected chi connectivity index (χ1v) is 7.91. The second kappa shape index (κ2) is 7.68. The van der Waals surface area contributed by atoms with Gasteiger partial charge in [-0.2, -0.15) is 13.2 Å². The molecule has 2 rings (SSSR count). The summed E-state index contributed by atoms with van der Waals surface area (Å²) >= 11 is 0. The van der Waals surface area contributed by atoms with Gasteiger partial charge in [0.1, 0.15) is 0 Å². The molecule has 0 unspecified atom stereocenters. The van der Waals surface area contributed by atoms with Crippen molar-refractivity contribution in [2.24, 2.45) is 5.92 Å². The predicted octanol–water partition coefficient (Wildman–Crippen LogP) is 3.56. The second-order valence-electron chi connectivity index (χ2n) is 6.09. The van der Waals surface area contributed by atoms with Crippen molar-refractivity contribution in [3.8, 4) is 0 Å². The molecule has 0 bridgehead atoms. The lowest BCUT2D eigenvalue weighted by atomic mass is 9.86. The number of ether oxygens (including phenoxy) is 1. The summed E-state index contributed by atoms with van der Waals surface area (Å²) in [5.41, 5.74) is -0.870. The third-order valence-electron chi connectivity index (χ3n) is 4.24. The van der Waals surface area contributed by atoms with Gasteiger partial charge in [-0.05, 0) is 43.0 Å². The second-order valence-corrected chi connectivity index (χ2v) is 6.09. The molecule has 0 aliphatic heterocycles. The van der Waals surface area contributed by atoms with Crippen LogP contribution in [0, 0.1) is 5.92 Å². The molecule has 1 aromatic rings. The fraction of sp³-hybridized carbons (Fsp3) is 0.529. The van der Waals surface area contributed by atoms with Crippen molar-refractivity contribution < 1.29 is 27.5 Å². The largest absolute Gasteiger partial charge is 0.452 e. The quantitative estimate of drug-likeness (QED) is 0.851. The molecular weight excluding hydrogens is 323 g/mol. The Labute approximate surface area is 138 Å². The topological polar surface area (TPSA) is 55.4 Å². The average molecular weight is 343 g/mol. The lowest BCUT2D eigenvalue weighted by molar-refractivity contribution is -0.137. The van der Waals surface area contributed by atoms with Crippen molar-refractivity contribution in [3.63, 3.8) is 0 Å². The molecule has 24 heavy (non-hydrogen) atoms. The van der Waals surface area contributed by atoms with Crippen LogP contribution >= 0.6 is 0 Å². The summed E-state index contributed by atoms with van der Waals surface area (Å²) in [6.07, 6.45) is -0.299. The number of nitrogens with one attached hydrogen (secondary N) is 1. The maximum Gasteiger partial charge on any atom is 0.416 e. The first-order valence-electron chi connectivity index (χ1n) is 7.91. The Morgan fingerprint density at radius 3 is 2.38 bits per heavy atom. The summed E-state index contributed by atoms with van der Waals surface area (Å²) in [6.45, 7) is 1.63. The van der Waals surface area contributed by atoms with E-state index in [-0.39, 0.29) is 11.6 Å². The normalized spacial score (nSPS) is 21.2. The number of rotatable bonds is 4. The highest BCUT2D eigenvalue weighted by molar-refractivity contribution is 5.91. The number of hydrogen-bond acceptors (Lipinski definition) is 3. The van der Waals surface area contributed by atoms with Crippen molar-refractivity contribution in [2.75, 3.05) is 6.61 Å². The lowest BCUT2D eigenvalue weighted by Gasteiger charge is -2.29. The van der Waals surface area contributed by atoms with Gasteiger partial charge in [0, 0.05) is 6.04 Å². The monoisotopic (exact) mass is 343 g/mol. The average Bonchev–Trinajstić information content (AvgIpc) is 2.54. The molecule has 1 N–H and O–H groups in total. The molecule has 1 fully saturated rings. The number of alkyl halides is 3. The zero-order chi connectivity index (χ0) is 17.7. The Bertz CT molecular complexity index is 584. The zero-order valence-electron chi connectivity index (χ0n) is 13.4. The number of amides is 1. The summed E-state index contributed by atoms with van der Waals surface area (Å²) in [4.78, 5) is 23.6. The minimum absolute atomic E-state index is 0.0261. The molecule has 1 aliphatic rings. The Morgan fingerprint density at radius 1 is 1.17 bits per heavy atom. The third-order valence-corrected chi connectivity index (χ3v) is 4.24. The molecule has 4 nitrogen and oxygen atoms in total. The molecule has 1 aliphatic carbocycles. The van der Waals surface area contributed by atoms with Crippen LogP contribution in [0.2, 0.25) is 0 Å². The van der Waals surface area contributed by atoms with Crippen LogP contribution in [-0.2, 0) is 15.7 Å². The third kappa shape index (κ3) is 4.97. The van der Waals surface area contributed by atoms with E-state index in [0.717, 1.165) is 49.9 Å². The molecule has 0 aromatic heterocycles. The van der Waals surface area contributed by atoms with Crippen LogP contribution < -0.4 is 5.32 Å². The van der Waals surface area contributed by atoms with Crippen molar-refractivity contribution >= 4 is 11.9 Å². The molecule has 1 saturated carbocycles. The number of halogens is 3. The molecule has 1 aromatic carbocycles. The van der Waals surface area contributed by atoms with Crippen LogP contribution in [0.4, 0.5) is 13.2 Å². The maximum absolute atomic E-state index is 12.5. The molecule has 0 spiro atoms. The van der Waals surface area contributed by atoms with Gasteiger partial charge in [0.2, 0.25) is 0 Å². The van der Waals surface area contributed by atoms with E-state index in [0.29, 0.717) is 5.92 Å². The number of hydrogen-bond donors (Lipinski definition) is 1. The van der Waals surface area contributed by atoms with Crippen LogP contribution in [0.1, 0.15) is 48.5 Å². The van der Waals surface area contributed by atoms with E-state index >= 15 is 0 Å². The van der Waals surface area contributed by atoms with Crippen molar-refractivity contribution in [1.82, 2.24) is 5.32 Å². The first-order chi connectivity index (χ1) is 11.3. The SMILES string of the molecule is C[C@@H]1CCCC[C@H]1NC(=O)COC(=O)c1ccc(C(F)(F)F)cc1. The highest BCUT2D eigenvalue weighted by Crippen LogP contribution is 2.29. The molecule has 0 saturated heterocycles. The Balaban J connectivity index is 1.83. The van der Waals surface area contributed by atoms with E-state index in [9.17, 15) is 22.8 Å². The van der Waals surface area contributed by atoms with Crippen molar-refractivity contribution in [3.05, 3.63) is 35.4 Å². The van der Waals surface area contributed by atoms with Gasteiger partial charge in [-0.25, -0.2) is 4.79 Å². The molecule has 7 heteroatoms. The number of carbonyl (C=O) groups is 2. The molecule has 0 radical (unpaired) electrons. The van der Waals surface area contributed by atoms with Gasteiger partial charge >= 0.3 is 12.1 Å². The Hall–Kier alpha value is -2.05. The van der Waals surface area contributed by atoms with Gasteiger partial charge in [-0.1, -0.05) is 19.8 Å². The summed E-state index contributed by atoms with van der Waals surface area (Å²) in [5.74, 6) is -0.835. The van der Waals surface area contributed by atoms with Crippen molar-refractivity contribution in [1.29, 1.82) is 0 Å². The van der Waals surface area contributed by atoms with Gasteiger partial charge in [0.05, 0.1) is 11.1 Å². The lowest BCUT2D eigenvalue weighted by Crippen LogP contribution is -2.42. The van der Waals surface area contributed by atoms with E-state index in [4.69, 9.17) is 4.74 Å². The van der Waals surface area contributed by atoms with Gasteiger partial charge in [-0.15, -0.1) is 0 Å². The minimum Gasteiger partial charge on any atom is -0.452 e. The standard InChI is InChI=1S/C17H20F3NO3/c1-11-4-2-3-5-14(11)21-15(22)10-24-16(23)12-6-8-13(9-7-12)17(18,19)20/h6-9,11,14H,2-5,10H2,1H3,(H,21,22)/t11-,14-/m1/s1. The highest BCUT2D eigenvalue weighted by Gasteiger charge is 2.30. The number of carbonyl (C=O) groups excluding carboxylic acids is 2. The van der Waals surface area contributed by atoms with Crippen LogP contribution in [0.15, 0.2) is 24.3 Å². The Morgan fingerprint density at radius 2 is 1.79 bits per heavy atom. The molecule has 2 atom stereocenters. The van der Waals surface area contributed by atoms with Crippen molar-refractivity contribution in [2.45, 2.75) is 44.8 Å². The van der Waals surface area contributed by atoms with Gasteiger partial charge in [0.25, 0.3) is 5.91 Å². The predicted molar refractivity (Wildman–Crippen MR) is 81.3 cm³/mol. The van der Waals surface area contributed by atoms with E-state index in [1.54, 1.807) is 0 Å². The molecule has 0 heterocycles. The van der Waals surface area contributed by atoms with E-state index < -0.39 is 30.2 Å².